The largest absolute Gasteiger partial charge is 0.465 e. The monoisotopic (exact) mass is 332 g/mol. The van der Waals surface area contributed by atoms with Crippen molar-refractivity contribution in [3.63, 3.8) is 0 Å². The minimum absolute atomic E-state index is 0.0204. The molecule has 4 nitrogen and oxygen atoms in total. The third-order valence-corrected chi connectivity index (χ3v) is 3.70. The molecule has 0 spiro atoms. The van der Waals surface area contributed by atoms with E-state index in [0.29, 0.717) is 17.5 Å². The second kappa shape index (κ2) is 8.90. The van der Waals surface area contributed by atoms with Crippen LogP contribution in [0.5, 0.6) is 5.75 Å². The number of hydrogen-bond acceptors (Lipinski definition) is 4. The summed E-state index contributed by atoms with van der Waals surface area (Å²) in [5, 5.41) is 0.474. The van der Waals surface area contributed by atoms with Crippen molar-refractivity contribution in [1.82, 2.24) is 0 Å². The number of rotatable bonds is 7. The van der Waals surface area contributed by atoms with Crippen LogP contribution < -0.4 is 4.74 Å². The Labute approximate surface area is 134 Å². The molecular formula is C15H18Cl2O4. The summed E-state index contributed by atoms with van der Waals surface area (Å²) >= 11 is 11.7. The van der Waals surface area contributed by atoms with Gasteiger partial charge in [-0.1, -0.05) is 49.5 Å². The van der Waals surface area contributed by atoms with Gasteiger partial charge in [0.1, 0.15) is 5.02 Å². The lowest BCUT2D eigenvalue weighted by atomic mass is 10.1. The van der Waals surface area contributed by atoms with Crippen molar-refractivity contribution < 1.29 is 19.1 Å². The summed E-state index contributed by atoms with van der Waals surface area (Å²) in [6.45, 7) is 4.37. The Kier molecular flexibility index (Phi) is 7.54. The number of benzene rings is 1. The SMILES string of the molecule is CCC(C)COC(=O)CCC(=O)Oc1cccc(Cl)c1Cl. The van der Waals surface area contributed by atoms with Crippen molar-refractivity contribution in [3.8, 4) is 5.75 Å². The Morgan fingerprint density at radius 3 is 2.52 bits per heavy atom. The van der Waals surface area contributed by atoms with Crippen molar-refractivity contribution in [2.45, 2.75) is 33.1 Å². The van der Waals surface area contributed by atoms with Gasteiger partial charge in [-0.05, 0) is 18.1 Å². The van der Waals surface area contributed by atoms with Gasteiger partial charge in [-0.15, -0.1) is 0 Å². The molecule has 0 bridgehead atoms. The second-order valence-corrected chi connectivity index (χ2v) is 5.51. The molecule has 0 aromatic heterocycles. The van der Waals surface area contributed by atoms with Crippen LogP contribution in [0.25, 0.3) is 0 Å². The average Bonchev–Trinajstić information content (AvgIpc) is 2.47. The summed E-state index contributed by atoms with van der Waals surface area (Å²) in [7, 11) is 0. The van der Waals surface area contributed by atoms with Crippen molar-refractivity contribution in [1.29, 1.82) is 0 Å². The van der Waals surface area contributed by atoms with Gasteiger partial charge >= 0.3 is 11.9 Å². The summed E-state index contributed by atoms with van der Waals surface area (Å²) in [6.07, 6.45) is 0.845. The maximum atomic E-state index is 11.6. The van der Waals surface area contributed by atoms with Crippen LogP contribution in [0.2, 0.25) is 10.0 Å². The predicted molar refractivity (Wildman–Crippen MR) is 81.7 cm³/mol. The number of esters is 2. The molecule has 0 amide bonds. The second-order valence-electron chi connectivity index (χ2n) is 4.72. The molecule has 0 fully saturated rings. The average molecular weight is 333 g/mol. The fraction of sp³-hybridized carbons (Fsp3) is 0.467. The standard InChI is InChI=1S/C15H18Cl2O4/c1-3-10(2)9-20-13(18)7-8-14(19)21-12-6-4-5-11(16)15(12)17/h4-6,10H,3,7-9H2,1-2H3. The maximum absolute atomic E-state index is 11.6. The van der Waals surface area contributed by atoms with E-state index in [9.17, 15) is 9.59 Å². The molecule has 0 aliphatic heterocycles. The molecule has 0 aliphatic carbocycles. The van der Waals surface area contributed by atoms with Crippen LogP contribution in [-0.2, 0) is 14.3 Å². The highest BCUT2D eigenvalue weighted by molar-refractivity contribution is 6.43. The zero-order valence-electron chi connectivity index (χ0n) is 12.0. The number of carbonyl (C=O) groups excluding carboxylic acids is 2. The summed E-state index contributed by atoms with van der Waals surface area (Å²) in [4.78, 5) is 23.1. The molecule has 116 valence electrons. The summed E-state index contributed by atoms with van der Waals surface area (Å²) < 4.78 is 10.1. The molecule has 0 heterocycles. The summed E-state index contributed by atoms with van der Waals surface area (Å²) in [6, 6.07) is 4.75. The van der Waals surface area contributed by atoms with Crippen LogP contribution >= 0.6 is 23.2 Å². The highest BCUT2D eigenvalue weighted by Crippen LogP contribution is 2.31. The van der Waals surface area contributed by atoms with Crippen LogP contribution in [-0.4, -0.2) is 18.5 Å². The van der Waals surface area contributed by atoms with E-state index in [-0.39, 0.29) is 23.6 Å². The van der Waals surface area contributed by atoms with Crippen molar-refractivity contribution in [2.75, 3.05) is 6.61 Å². The number of halogens is 2. The lowest BCUT2D eigenvalue weighted by Crippen LogP contribution is -2.15. The van der Waals surface area contributed by atoms with Gasteiger partial charge in [0.2, 0.25) is 0 Å². The van der Waals surface area contributed by atoms with E-state index in [1.165, 1.54) is 6.07 Å². The van der Waals surface area contributed by atoms with Crippen LogP contribution in [0.4, 0.5) is 0 Å². The summed E-state index contributed by atoms with van der Waals surface area (Å²) in [5.41, 5.74) is 0. The Balaban J connectivity index is 2.37. The molecule has 6 heteroatoms. The van der Waals surface area contributed by atoms with E-state index in [0.717, 1.165) is 6.42 Å². The molecule has 1 atom stereocenters. The third-order valence-electron chi connectivity index (χ3n) is 2.90. The Morgan fingerprint density at radius 2 is 1.86 bits per heavy atom. The number of hydrogen-bond donors (Lipinski definition) is 0. The van der Waals surface area contributed by atoms with Crippen LogP contribution in [0.3, 0.4) is 0 Å². The molecule has 1 rings (SSSR count). The molecule has 0 aliphatic rings. The van der Waals surface area contributed by atoms with E-state index in [4.69, 9.17) is 32.7 Å². The van der Waals surface area contributed by atoms with Crippen LogP contribution in [0.15, 0.2) is 18.2 Å². The first-order valence-corrected chi connectivity index (χ1v) is 7.50. The van der Waals surface area contributed by atoms with Crippen molar-refractivity contribution in [2.24, 2.45) is 5.92 Å². The van der Waals surface area contributed by atoms with E-state index >= 15 is 0 Å². The first-order valence-electron chi connectivity index (χ1n) is 6.74. The first-order chi connectivity index (χ1) is 9.93. The van der Waals surface area contributed by atoms with Crippen LogP contribution in [0.1, 0.15) is 33.1 Å². The number of ether oxygens (including phenoxy) is 2. The van der Waals surface area contributed by atoms with Gasteiger partial charge in [0.05, 0.1) is 24.5 Å². The maximum Gasteiger partial charge on any atom is 0.311 e. The molecule has 0 saturated carbocycles. The summed E-state index contributed by atoms with van der Waals surface area (Å²) in [5.74, 6) is -0.475. The van der Waals surface area contributed by atoms with Gasteiger partial charge in [-0.2, -0.15) is 0 Å². The van der Waals surface area contributed by atoms with E-state index in [2.05, 4.69) is 0 Å². The van der Waals surface area contributed by atoms with Crippen molar-refractivity contribution in [3.05, 3.63) is 28.2 Å². The van der Waals surface area contributed by atoms with Gasteiger partial charge in [-0.3, -0.25) is 9.59 Å². The van der Waals surface area contributed by atoms with Crippen molar-refractivity contribution >= 4 is 35.1 Å². The van der Waals surface area contributed by atoms with Gasteiger partial charge in [0, 0.05) is 0 Å². The topological polar surface area (TPSA) is 52.6 Å². The third kappa shape index (κ3) is 6.36. The molecule has 1 aromatic rings. The Hall–Kier alpha value is -1.26. The van der Waals surface area contributed by atoms with Gasteiger partial charge in [-0.25, -0.2) is 0 Å². The fourth-order valence-electron chi connectivity index (χ4n) is 1.37. The molecule has 1 aromatic carbocycles. The van der Waals surface area contributed by atoms with E-state index in [1.807, 2.05) is 13.8 Å². The number of carbonyl (C=O) groups is 2. The highest BCUT2D eigenvalue weighted by Gasteiger charge is 2.13. The predicted octanol–water partition coefficient (Wildman–Crippen LogP) is 4.27. The molecule has 1 unspecified atom stereocenters. The lowest BCUT2D eigenvalue weighted by Gasteiger charge is -2.10. The van der Waals surface area contributed by atoms with E-state index < -0.39 is 11.9 Å². The first kappa shape index (κ1) is 17.8. The Morgan fingerprint density at radius 1 is 1.19 bits per heavy atom. The van der Waals surface area contributed by atoms with Gasteiger partial charge in [0.25, 0.3) is 0 Å². The smallest absolute Gasteiger partial charge is 0.311 e. The highest BCUT2D eigenvalue weighted by atomic mass is 35.5. The zero-order valence-corrected chi connectivity index (χ0v) is 13.5. The molecule has 0 radical (unpaired) electrons. The molecular weight excluding hydrogens is 315 g/mol. The van der Waals surface area contributed by atoms with Gasteiger partial charge < -0.3 is 9.47 Å². The Bertz CT molecular complexity index is 502. The normalized spacial score (nSPS) is 11.8. The fourth-order valence-corrected chi connectivity index (χ4v) is 1.70. The quantitative estimate of drug-likeness (QED) is 0.552. The zero-order chi connectivity index (χ0) is 15.8. The molecule has 21 heavy (non-hydrogen) atoms. The molecule has 0 saturated heterocycles. The van der Waals surface area contributed by atoms with E-state index in [1.54, 1.807) is 12.1 Å². The lowest BCUT2D eigenvalue weighted by molar-refractivity contribution is -0.147. The molecule has 0 N–H and O–H groups in total. The minimum atomic E-state index is -0.556. The van der Waals surface area contributed by atoms with Crippen LogP contribution in [0, 0.1) is 5.92 Å². The minimum Gasteiger partial charge on any atom is -0.465 e. The van der Waals surface area contributed by atoms with Gasteiger partial charge in [0.15, 0.2) is 5.75 Å².